The van der Waals surface area contributed by atoms with Gasteiger partial charge in [0.05, 0.1) is 25.6 Å². The number of amides is 2. The minimum Gasteiger partial charge on any atom is -0.495 e. The molecule has 6 rings (SSSR count). The van der Waals surface area contributed by atoms with Crippen LogP contribution in [0.2, 0.25) is 0 Å². The fraction of sp³-hybridized carbons (Fsp3) is 0.278. The van der Waals surface area contributed by atoms with Crippen molar-refractivity contribution in [3.05, 3.63) is 106 Å². The van der Waals surface area contributed by atoms with E-state index >= 15 is 0 Å². The summed E-state index contributed by atoms with van der Waals surface area (Å²) < 4.78 is 11.3. The van der Waals surface area contributed by atoms with Gasteiger partial charge < -0.3 is 20.1 Å². The van der Waals surface area contributed by atoms with Gasteiger partial charge in [0.2, 0.25) is 0 Å². The quantitative estimate of drug-likeness (QED) is 0.244. The number of anilines is 2. The van der Waals surface area contributed by atoms with Crippen molar-refractivity contribution >= 4 is 23.2 Å². The molecule has 4 aromatic carbocycles. The number of hydrogen-bond acceptors (Lipinski definition) is 4. The molecule has 6 nitrogen and oxygen atoms in total. The van der Waals surface area contributed by atoms with E-state index in [1.54, 1.807) is 14.2 Å². The molecule has 0 radical (unpaired) electrons. The molecule has 0 heterocycles. The van der Waals surface area contributed by atoms with Crippen molar-refractivity contribution in [1.29, 1.82) is 0 Å². The summed E-state index contributed by atoms with van der Waals surface area (Å²) in [5.41, 5.74) is 9.53. The molecule has 42 heavy (non-hydrogen) atoms. The van der Waals surface area contributed by atoms with E-state index in [4.69, 9.17) is 9.47 Å². The van der Waals surface area contributed by atoms with Gasteiger partial charge in [0.15, 0.2) is 0 Å². The van der Waals surface area contributed by atoms with Crippen LogP contribution in [0.3, 0.4) is 0 Å². The van der Waals surface area contributed by atoms with Gasteiger partial charge in [-0.15, -0.1) is 0 Å². The van der Waals surface area contributed by atoms with Crippen LogP contribution in [-0.4, -0.2) is 26.0 Å². The molecule has 0 aliphatic heterocycles. The highest BCUT2D eigenvalue weighted by atomic mass is 16.5. The van der Waals surface area contributed by atoms with Gasteiger partial charge in [-0.25, -0.2) is 0 Å². The maximum atomic E-state index is 13.1. The number of fused-ring (bicyclic) bond motifs is 2. The molecule has 0 fully saturated rings. The van der Waals surface area contributed by atoms with Crippen molar-refractivity contribution in [2.24, 2.45) is 0 Å². The Hall–Kier alpha value is -4.58. The number of rotatable bonds is 7. The van der Waals surface area contributed by atoms with E-state index in [9.17, 15) is 9.59 Å². The number of ether oxygens (including phenoxy) is 2. The Kier molecular flexibility index (Phi) is 7.95. The van der Waals surface area contributed by atoms with Crippen LogP contribution >= 0.6 is 0 Å². The number of methoxy groups -OCH3 is 2. The molecule has 6 heteroatoms. The van der Waals surface area contributed by atoms with Gasteiger partial charge in [-0.3, -0.25) is 9.59 Å². The van der Waals surface area contributed by atoms with Gasteiger partial charge in [0.25, 0.3) is 11.8 Å². The van der Waals surface area contributed by atoms with Gasteiger partial charge in [0.1, 0.15) is 11.5 Å². The Morgan fingerprint density at radius 1 is 0.524 bits per heavy atom. The molecule has 0 aromatic heterocycles. The van der Waals surface area contributed by atoms with Crippen molar-refractivity contribution in [1.82, 2.24) is 0 Å². The second-order valence-electron chi connectivity index (χ2n) is 11.1. The van der Waals surface area contributed by atoms with Crippen LogP contribution in [-0.2, 0) is 25.7 Å². The first-order valence-corrected chi connectivity index (χ1v) is 14.7. The van der Waals surface area contributed by atoms with Crippen LogP contribution in [0, 0.1) is 0 Å². The summed E-state index contributed by atoms with van der Waals surface area (Å²) in [6, 6.07) is 23.3. The number of aryl methyl sites for hydroxylation is 4. The molecule has 0 bridgehead atoms. The normalized spacial score (nSPS) is 13.9. The van der Waals surface area contributed by atoms with E-state index in [1.807, 2.05) is 60.7 Å². The summed E-state index contributed by atoms with van der Waals surface area (Å²) in [6.45, 7) is 0. The lowest BCUT2D eigenvalue weighted by Gasteiger charge is -2.17. The first-order chi connectivity index (χ1) is 20.5. The second-order valence-corrected chi connectivity index (χ2v) is 11.1. The molecule has 2 amide bonds. The van der Waals surface area contributed by atoms with Crippen molar-refractivity contribution in [3.8, 4) is 22.6 Å². The monoisotopic (exact) mass is 560 g/mol. The maximum Gasteiger partial charge on any atom is 0.255 e. The minimum absolute atomic E-state index is 0.157. The first kappa shape index (κ1) is 27.6. The average molecular weight is 561 g/mol. The summed E-state index contributed by atoms with van der Waals surface area (Å²) in [6.07, 6.45) is 8.96. The van der Waals surface area contributed by atoms with Gasteiger partial charge in [0, 0.05) is 11.1 Å². The molecular weight excluding hydrogens is 524 g/mol. The van der Waals surface area contributed by atoms with E-state index in [0.717, 1.165) is 36.8 Å². The highest BCUT2D eigenvalue weighted by Gasteiger charge is 2.17. The first-order valence-electron chi connectivity index (χ1n) is 14.7. The number of hydrogen-bond donors (Lipinski definition) is 2. The topological polar surface area (TPSA) is 76.7 Å². The SMILES string of the molecule is COc1cc(-c2ccc(NC(=O)c3ccc4c(c3)CCCC4)c(OC)c2)ccc1NC(=O)c1ccc2c(c1)CCCC2. The van der Waals surface area contributed by atoms with E-state index < -0.39 is 0 Å². The summed E-state index contributed by atoms with van der Waals surface area (Å²) in [7, 11) is 3.18. The summed E-state index contributed by atoms with van der Waals surface area (Å²) in [5, 5.41) is 6.03. The van der Waals surface area contributed by atoms with Crippen LogP contribution in [0.4, 0.5) is 11.4 Å². The predicted octanol–water partition coefficient (Wildman–Crippen LogP) is 7.63. The van der Waals surface area contributed by atoms with Gasteiger partial charge in [-0.1, -0.05) is 24.3 Å². The molecule has 0 atom stereocenters. The van der Waals surface area contributed by atoms with Crippen LogP contribution in [0.25, 0.3) is 11.1 Å². The number of benzene rings is 4. The van der Waals surface area contributed by atoms with E-state index in [-0.39, 0.29) is 11.8 Å². The van der Waals surface area contributed by atoms with Gasteiger partial charge in [-0.05, 0) is 133 Å². The minimum atomic E-state index is -0.157. The third kappa shape index (κ3) is 5.75. The largest absolute Gasteiger partial charge is 0.495 e. The van der Waals surface area contributed by atoms with Crippen LogP contribution in [0.5, 0.6) is 11.5 Å². The second kappa shape index (κ2) is 12.1. The zero-order chi connectivity index (χ0) is 29.1. The molecule has 4 aromatic rings. The molecule has 0 saturated heterocycles. The third-order valence-corrected chi connectivity index (χ3v) is 8.45. The van der Waals surface area contributed by atoms with Gasteiger partial charge in [-0.2, -0.15) is 0 Å². The molecule has 0 saturated carbocycles. The highest BCUT2D eigenvalue weighted by molar-refractivity contribution is 6.06. The van der Waals surface area contributed by atoms with Crippen molar-refractivity contribution in [3.63, 3.8) is 0 Å². The third-order valence-electron chi connectivity index (χ3n) is 8.45. The summed E-state index contributed by atoms with van der Waals surface area (Å²) in [5.74, 6) is 0.801. The lowest BCUT2D eigenvalue weighted by atomic mass is 9.90. The molecule has 214 valence electrons. The Morgan fingerprint density at radius 2 is 0.929 bits per heavy atom. The average Bonchev–Trinajstić information content (AvgIpc) is 3.04. The summed E-state index contributed by atoms with van der Waals surface area (Å²) in [4.78, 5) is 26.2. The van der Waals surface area contributed by atoms with E-state index in [0.29, 0.717) is 34.0 Å². The Morgan fingerprint density at radius 3 is 1.33 bits per heavy atom. The Labute approximate surface area is 247 Å². The van der Waals surface area contributed by atoms with Crippen LogP contribution < -0.4 is 20.1 Å². The number of carbonyl (C=O) groups excluding carboxylic acids is 2. The maximum absolute atomic E-state index is 13.1. The Balaban J connectivity index is 1.19. The molecule has 2 N–H and O–H groups in total. The fourth-order valence-corrected chi connectivity index (χ4v) is 6.09. The molecule has 0 unspecified atom stereocenters. The van der Waals surface area contributed by atoms with Crippen molar-refractivity contribution in [2.45, 2.75) is 51.4 Å². The lowest BCUT2D eigenvalue weighted by molar-refractivity contribution is 0.101. The predicted molar refractivity (Wildman–Crippen MR) is 167 cm³/mol. The highest BCUT2D eigenvalue weighted by Crippen LogP contribution is 2.35. The molecule has 2 aliphatic rings. The van der Waals surface area contributed by atoms with E-state index in [1.165, 1.54) is 47.9 Å². The number of nitrogens with one attached hydrogen (secondary N) is 2. The molecule has 2 aliphatic carbocycles. The smallest absolute Gasteiger partial charge is 0.255 e. The number of carbonyl (C=O) groups is 2. The van der Waals surface area contributed by atoms with Crippen molar-refractivity contribution < 1.29 is 19.1 Å². The molecular formula is C36H36N2O4. The van der Waals surface area contributed by atoms with Crippen LogP contribution in [0.15, 0.2) is 72.8 Å². The van der Waals surface area contributed by atoms with Crippen molar-refractivity contribution in [2.75, 3.05) is 24.9 Å². The van der Waals surface area contributed by atoms with Gasteiger partial charge >= 0.3 is 0 Å². The fourth-order valence-electron chi connectivity index (χ4n) is 6.09. The Bertz CT molecular complexity index is 1540. The van der Waals surface area contributed by atoms with E-state index in [2.05, 4.69) is 22.8 Å². The molecule has 0 spiro atoms. The zero-order valence-electron chi connectivity index (χ0n) is 24.2. The zero-order valence-corrected chi connectivity index (χ0v) is 24.2. The van der Waals surface area contributed by atoms with Crippen LogP contribution in [0.1, 0.15) is 68.7 Å². The lowest BCUT2D eigenvalue weighted by Crippen LogP contribution is -2.14. The standard InChI is InChI=1S/C36H36N2O4/c1-41-33-21-27(15-17-31(33)37-35(39)29-13-11-23-7-3-5-9-25(23)19-29)28-16-18-32(34(22-28)42-2)38-36(40)30-14-12-24-8-4-6-10-26(24)20-30/h11-22H,3-10H2,1-2H3,(H,37,39)(H,38,40). The summed E-state index contributed by atoms with van der Waals surface area (Å²) >= 11 is 0.